The van der Waals surface area contributed by atoms with E-state index >= 15 is 0 Å². The third-order valence-electron chi connectivity index (χ3n) is 4.14. The molecule has 108 valence electrons. The summed E-state index contributed by atoms with van der Waals surface area (Å²) in [6.45, 7) is 2.68. The summed E-state index contributed by atoms with van der Waals surface area (Å²) in [6.07, 6.45) is 7.81. The van der Waals surface area contributed by atoms with E-state index in [1.54, 1.807) is 0 Å². The fourth-order valence-corrected chi connectivity index (χ4v) is 3.14. The number of halogens is 1. The van der Waals surface area contributed by atoms with Gasteiger partial charge in [0.25, 0.3) is 0 Å². The smallest absolute Gasteiger partial charge is 0.154 e. The minimum absolute atomic E-state index is 0.570. The highest BCUT2D eigenvalue weighted by atomic mass is 79.9. The molecule has 3 heterocycles. The molecule has 5 nitrogen and oxygen atoms in total. The van der Waals surface area contributed by atoms with E-state index in [1.165, 1.54) is 19.3 Å². The highest BCUT2D eigenvalue weighted by Crippen LogP contribution is 2.34. The lowest BCUT2D eigenvalue weighted by Gasteiger charge is -2.21. The first-order chi connectivity index (χ1) is 10.2. The Balaban J connectivity index is 1.64. The first-order valence-corrected chi connectivity index (χ1v) is 8.03. The van der Waals surface area contributed by atoms with E-state index in [4.69, 9.17) is 0 Å². The van der Waals surface area contributed by atoms with E-state index < -0.39 is 0 Å². The van der Waals surface area contributed by atoms with Crippen LogP contribution in [0.3, 0.4) is 0 Å². The van der Waals surface area contributed by atoms with E-state index in [0.717, 1.165) is 27.5 Å². The summed E-state index contributed by atoms with van der Waals surface area (Å²) in [4.78, 5) is 9.27. The topological polar surface area (TPSA) is 48.0 Å². The van der Waals surface area contributed by atoms with Gasteiger partial charge in [0.1, 0.15) is 5.82 Å². The minimum atomic E-state index is 0.570. The predicted molar refractivity (Wildman–Crippen MR) is 83.3 cm³/mol. The Labute approximate surface area is 131 Å². The molecule has 0 unspecified atom stereocenters. The summed E-state index contributed by atoms with van der Waals surface area (Å²) >= 11 is 3.53. The van der Waals surface area contributed by atoms with Crippen molar-refractivity contribution in [3.63, 3.8) is 0 Å². The molecule has 3 aromatic rings. The fraction of sp³-hybridized carbons (Fsp3) is 0.400. The Kier molecular flexibility index (Phi) is 3.06. The number of rotatable bonds is 3. The monoisotopic (exact) mass is 345 g/mol. The Morgan fingerprint density at radius 3 is 2.90 bits per heavy atom. The molecule has 0 N–H and O–H groups in total. The van der Waals surface area contributed by atoms with Gasteiger partial charge in [0.15, 0.2) is 11.5 Å². The van der Waals surface area contributed by atoms with Crippen LogP contribution in [0.4, 0.5) is 0 Å². The fourth-order valence-electron chi connectivity index (χ4n) is 2.69. The molecule has 0 spiro atoms. The molecule has 1 aliphatic rings. The van der Waals surface area contributed by atoms with E-state index in [1.807, 2.05) is 40.5 Å². The van der Waals surface area contributed by atoms with Crippen molar-refractivity contribution in [1.29, 1.82) is 0 Å². The van der Waals surface area contributed by atoms with E-state index in [9.17, 15) is 0 Å². The maximum Gasteiger partial charge on any atom is 0.154 e. The third-order valence-corrected chi connectivity index (χ3v) is 4.76. The third kappa shape index (κ3) is 2.27. The number of aryl methyl sites for hydroxylation is 1. The van der Waals surface area contributed by atoms with Gasteiger partial charge >= 0.3 is 0 Å². The van der Waals surface area contributed by atoms with Crippen molar-refractivity contribution in [3.05, 3.63) is 46.3 Å². The van der Waals surface area contributed by atoms with Crippen LogP contribution < -0.4 is 0 Å². The van der Waals surface area contributed by atoms with Crippen molar-refractivity contribution in [2.45, 2.75) is 38.6 Å². The van der Waals surface area contributed by atoms with Crippen LogP contribution in [-0.2, 0) is 6.54 Å². The molecule has 0 aliphatic heterocycles. The van der Waals surface area contributed by atoms with Crippen LogP contribution in [0, 0.1) is 6.92 Å². The molecule has 1 aliphatic carbocycles. The second-order valence-corrected chi connectivity index (χ2v) is 6.48. The summed E-state index contributed by atoms with van der Waals surface area (Å²) in [7, 11) is 0. The van der Waals surface area contributed by atoms with E-state index in [2.05, 4.69) is 31.0 Å². The van der Waals surface area contributed by atoms with Gasteiger partial charge in [0, 0.05) is 18.3 Å². The molecule has 3 aromatic heterocycles. The van der Waals surface area contributed by atoms with Gasteiger partial charge in [0.2, 0.25) is 0 Å². The van der Waals surface area contributed by atoms with Crippen LogP contribution in [0.1, 0.15) is 42.5 Å². The largest absolute Gasteiger partial charge is 0.306 e. The zero-order chi connectivity index (χ0) is 14.4. The molecular weight excluding hydrogens is 330 g/mol. The minimum Gasteiger partial charge on any atom is -0.306 e. The molecule has 21 heavy (non-hydrogen) atoms. The predicted octanol–water partition coefficient (Wildman–Crippen LogP) is 3.31. The van der Waals surface area contributed by atoms with Crippen LogP contribution >= 0.6 is 15.9 Å². The molecule has 6 heteroatoms. The average molecular weight is 346 g/mol. The zero-order valence-corrected chi connectivity index (χ0v) is 13.4. The van der Waals surface area contributed by atoms with Crippen LogP contribution in [0.15, 0.2) is 29.0 Å². The highest BCUT2D eigenvalue weighted by Gasteiger charge is 2.24. The normalized spacial score (nSPS) is 15.5. The van der Waals surface area contributed by atoms with Crippen LogP contribution in [0.5, 0.6) is 0 Å². The van der Waals surface area contributed by atoms with Gasteiger partial charge in [-0.05, 0) is 47.8 Å². The lowest BCUT2D eigenvalue weighted by molar-refractivity contribution is 0.399. The van der Waals surface area contributed by atoms with Crippen molar-refractivity contribution in [1.82, 2.24) is 24.1 Å². The average Bonchev–Trinajstić information content (AvgIpc) is 2.93. The van der Waals surface area contributed by atoms with Crippen molar-refractivity contribution < 1.29 is 0 Å². The Bertz CT molecular complexity index is 800. The van der Waals surface area contributed by atoms with E-state index in [0.29, 0.717) is 12.5 Å². The maximum atomic E-state index is 4.66. The van der Waals surface area contributed by atoms with Crippen LogP contribution in [-0.4, -0.2) is 24.1 Å². The van der Waals surface area contributed by atoms with Gasteiger partial charge in [-0.25, -0.2) is 14.6 Å². The molecule has 0 amide bonds. The quantitative estimate of drug-likeness (QED) is 0.731. The van der Waals surface area contributed by atoms with Crippen LogP contribution in [0.25, 0.3) is 5.65 Å². The molecule has 1 saturated carbocycles. The van der Waals surface area contributed by atoms with Crippen molar-refractivity contribution in [2.75, 3.05) is 0 Å². The van der Waals surface area contributed by atoms with Crippen molar-refractivity contribution in [2.24, 2.45) is 0 Å². The Morgan fingerprint density at radius 2 is 2.19 bits per heavy atom. The summed E-state index contributed by atoms with van der Waals surface area (Å²) in [5.41, 5.74) is 1.93. The van der Waals surface area contributed by atoms with Crippen molar-refractivity contribution in [3.8, 4) is 0 Å². The maximum absolute atomic E-state index is 4.66. The molecule has 4 rings (SSSR count). The van der Waals surface area contributed by atoms with Gasteiger partial charge in [-0.1, -0.05) is 6.42 Å². The second-order valence-electron chi connectivity index (χ2n) is 5.62. The Hall–Kier alpha value is -1.69. The number of aromatic nitrogens is 5. The van der Waals surface area contributed by atoms with Gasteiger partial charge < -0.3 is 4.40 Å². The molecule has 0 aromatic carbocycles. The van der Waals surface area contributed by atoms with E-state index in [-0.39, 0.29) is 0 Å². The first-order valence-electron chi connectivity index (χ1n) is 7.24. The molecule has 0 saturated heterocycles. The SMILES string of the molecule is Cc1nc(C2CCC2)nn1Cc1cn2cccc(Br)c2n1. The van der Waals surface area contributed by atoms with Gasteiger partial charge in [-0.15, -0.1) is 0 Å². The standard InChI is InChI=1S/C15H16BrN5/c1-10-17-14(11-4-2-5-11)19-21(10)9-12-8-20-7-3-6-13(16)15(20)18-12/h3,6-8,11H,2,4-5,9H2,1H3. The molecular formula is C15H16BrN5. The summed E-state index contributed by atoms with van der Waals surface area (Å²) in [6, 6.07) is 4.00. The van der Waals surface area contributed by atoms with Gasteiger partial charge in [0.05, 0.1) is 16.7 Å². The molecule has 1 fully saturated rings. The number of fused-ring (bicyclic) bond motifs is 1. The lowest BCUT2D eigenvalue weighted by atomic mass is 9.85. The number of hydrogen-bond acceptors (Lipinski definition) is 3. The van der Waals surface area contributed by atoms with Gasteiger partial charge in [-0.3, -0.25) is 0 Å². The lowest BCUT2D eigenvalue weighted by Crippen LogP contribution is -2.11. The first kappa shape index (κ1) is 13.0. The molecule has 0 bridgehead atoms. The molecule has 0 radical (unpaired) electrons. The molecule has 0 atom stereocenters. The number of nitrogens with zero attached hydrogens (tertiary/aromatic N) is 5. The number of imidazole rings is 1. The zero-order valence-electron chi connectivity index (χ0n) is 11.8. The number of pyridine rings is 1. The summed E-state index contributed by atoms with van der Waals surface area (Å²) in [5.74, 6) is 2.54. The van der Waals surface area contributed by atoms with Crippen LogP contribution in [0.2, 0.25) is 0 Å². The number of hydrogen-bond donors (Lipinski definition) is 0. The summed E-state index contributed by atoms with van der Waals surface area (Å²) in [5, 5.41) is 4.66. The van der Waals surface area contributed by atoms with Crippen molar-refractivity contribution >= 4 is 21.6 Å². The highest BCUT2D eigenvalue weighted by molar-refractivity contribution is 9.10. The Morgan fingerprint density at radius 1 is 1.33 bits per heavy atom. The summed E-state index contributed by atoms with van der Waals surface area (Å²) < 4.78 is 4.99. The van der Waals surface area contributed by atoms with Gasteiger partial charge in [-0.2, -0.15) is 5.10 Å². The second kappa shape index (κ2) is 4.94.